The molecule has 7 atom stereocenters. The van der Waals surface area contributed by atoms with E-state index in [1.165, 1.54) is 0 Å². The molecule has 4 aliphatic rings. The Labute approximate surface area is 283 Å². The molecule has 2 aromatic carbocycles. The minimum Gasteiger partial charge on any atom is -0.464 e. The van der Waals surface area contributed by atoms with Crippen LogP contribution in [0.2, 0.25) is 0 Å². The van der Waals surface area contributed by atoms with Crippen LogP contribution < -0.4 is 5.32 Å². The number of amides is 1. The number of para-hydroxylation sites is 1. The molecule has 8 nitrogen and oxygen atoms in total. The Kier molecular flexibility index (Phi) is 8.82. The molecule has 9 heteroatoms. The number of pyridine rings is 1. The summed E-state index contributed by atoms with van der Waals surface area (Å²) in [5.41, 5.74) is 4.63. The largest absolute Gasteiger partial charge is 0.482 e. The van der Waals surface area contributed by atoms with E-state index in [0.29, 0.717) is 24.7 Å². The number of furan rings is 1. The summed E-state index contributed by atoms with van der Waals surface area (Å²) in [6.45, 7) is 9.19. The number of nitriles is 1. The highest BCUT2D eigenvalue weighted by Gasteiger charge is 2.68. The highest BCUT2D eigenvalue weighted by atomic mass is 16.7. The maximum atomic E-state index is 13.3. The van der Waals surface area contributed by atoms with Crippen molar-refractivity contribution in [2.24, 2.45) is 23.2 Å². The number of ether oxygens (including phenoxy) is 1. The molecule has 248 valence electrons. The molecular formula is C39H44BN3O5. The quantitative estimate of drug-likeness (QED) is 0.169. The van der Waals surface area contributed by atoms with E-state index < -0.39 is 24.8 Å². The number of rotatable bonds is 11. The topological polar surface area (TPSA) is 107 Å². The Bertz CT molecular complexity index is 1800. The first-order chi connectivity index (χ1) is 23.2. The van der Waals surface area contributed by atoms with E-state index in [-0.39, 0.29) is 30.0 Å². The first-order valence-electron chi connectivity index (χ1n) is 17.3. The average Bonchev–Trinajstić information content (AvgIpc) is 3.66. The molecule has 4 aromatic rings. The summed E-state index contributed by atoms with van der Waals surface area (Å²) in [5.74, 6) is 0.396. The van der Waals surface area contributed by atoms with Crippen LogP contribution in [-0.2, 0) is 33.3 Å². The molecule has 48 heavy (non-hydrogen) atoms. The van der Waals surface area contributed by atoms with Gasteiger partial charge in [0.25, 0.3) is 0 Å². The van der Waals surface area contributed by atoms with Gasteiger partial charge in [0, 0.05) is 18.0 Å². The molecule has 3 heterocycles. The SMILES string of the molecule is CC(Cc1cccc(CCOC(=O)N[C@@H](Cc2coc3ccccc23)B2O[C@@H]3C[C@@H]4C[C@@H](C4(C)C)[C@]3(C)O2)c1)C(C#N)c1ccccn1. The predicted octanol–water partition coefficient (Wildman–Crippen LogP) is 7.46. The lowest BCUT2D eigenvalue weighted by atomic mass is 9.43. The van der Waals surface area contributed by atoms with Crippen molar-refractivity contribution in [3.63, 3.8) is 0 Å². The van der Waals surface area contributed by atoms with Crippen LogP contribution in [0.25, 0.3) is 11.0 Å². The van der Waals surface area contributed by atoms with Gasteiger partial charge in [-0.05, 0) is 90.7 Å². The number of aromatic nitrogens is 1. The zero-order valence-electron chi connectivity index (χ0n) is 28.2. The van der Waals surface area contributed by atoms with Gasteiger partial charge in [-0.3, -0.25) is 4.98 Å². The summed E-state index contributed by atoms with van der Waals surface area (Å²) in [6, 6.07) is 24.3. The number of carbonyl (C=O) groups is 1. The summed E-state index contributed by atoms with van der Waals surface area (Å²) in [6.07, 6.45) is 6.93. The van der Waals surface area contributed by atoms with Gasteiger partial charge in [-0.1, -0.05) is 69.3 Å². The number of hydrogen-bond donors (Lipinski definition) is 1. The lowest BCUT2D eigenvalue weighted by Gasteiger charge is -2.64. The normalized spacial score (nSPS) is 25.7. The van der Waals surface area contributed by atoms with Crippen LogP contribution in [0.5, 0.6) is 0 Å². The van der Waals surface area contributed by atoms with Crippen molar-refractivity contribution in [2.75, 3.05) is 6.61 Å². The third-order valence-corrected chi connectivity index (χ3v) is 11.5. The van der Waals surface area contributed by atoms with Crippen LogP contribution in [0, 0.1) is 34.5 Å². The van der Waals surface area contributed by atoms with Crippen LogP contribution in [0.1, 0.15) is 68.8 Å². The van der Waals surface area contributed by atoms with E-state index in [9.17, 15) is 10.1 Å². The predicted molar refractivity (Wildman–Crippen MR) is 184 cm³/mol. The van der Waals surface area contributed by atoms with Crippen molar-refractivity contribution in [2.45, 2.75) is 83.4 Å². The maximum absolute atomic E-state index is 13.3. The molecule has 3 aliphatic carbocycles. The van der Waals surface area contributed by atoms with E-state index in [0.717, 1.165) is 52.6 Å². The molecular weight excluding hydrogens is 601 g/mol. The van der Waals surface area contributed by atoms with Crippen molar-refractivity contribution in [3.05, 3.63) is 102 Å². The maximum Gasteiger partial charge on any atom is 0.482 e. The number of alkyl carbamates (subject to hydrolysis) is 1. The van der Waals surface area contributed by atoms with Gasteiger partial charge in [-0.2, -0.15) is 5.26 Å². The molecule has 1 saturated heterocycles. The molecule has 0 radical (unpaired) electrons. The third kappa shape index (κ3) is 6.13. The van der Waals surface area contributed by atoms with Gasteiger partial charge in [0.15, 0.2) is 0 Å². The van der Waals surface area contributed by atoms with Gasteiger partial charge in [0.05, 0.1) is 48.2 Å². The van der Waals surface area contributed by atoms with E-state index in [1.54, 1.807) is 12.5 Å². The number of benzene rings is 2. The smallest absolute Gasteiger partial charge is 0.464 e. The summed E-state index contributed by atoms with van der Waals surface area (Å²) < 4.78 is 25.0. The number of fused-ring (bicyclic) bond motifs is 1. The number of nitrogens with zero attached hydrogens (tertiary/aromatic N) is 2. The van der Waals surface area contributed by atoms with Crippen LogP contribution >= 0.6 is 0 Å². The standard InChI is InChI=1S/C39H44BN3O5/c1-25(31(23-41)32-13-7-8-16-42-32)18-27-11-9-10-26(19-27)15-17-45-37(44)43-36(20-28-24-46-33-14-6-5-12-30(28)33)40-47-35-22-29-21-34(38(29,2)3)39(35,4)48-40/h5-14,16,19,24-25,29,31,34-36H,15,17-18,20-22H2,1-4H3,(H,43,44)/t25?,29-,31?,34-,35+,36-,39-/m0/s1. The Hall–Kier alpha value is -4.13. The summed E-state index contributed by atoms with van der Waals surface area (Å²) in [4.78, 5) is 17.7. The van der Waals surface area contributed by atoms with Gasteiger partial charge in [-0.15, -0.1) is 0 Å². The van der Waals surface area contributed by atoms with Gasteiger partial charge in [0.2, 0.25) is 0 Å². The molecule has 2 unspecified atom stereocenters. The van der Waals surface area contributed by atoms with E-state index >= 15 is 0 Å². The zero-order valence-corrected chi connectivity index (χ0v) is 28.2. The highest BCUT2D eigenvalue weighted by Crippen LogP contribution is 2.65. The molecule has 0 spiro atoms. The Morgan fingerprint density at radius 2 is 1.90 bits per heavy atom. The summed E-state index contributed by atoms with van der Waals surface area (Å²) in [7, 11) is -0.599. The minimum atomic E-state index is -0.599. The van der Waals surface area contributed by atoms with Gasteiger partial charge in [0.1, 0.15) is 5.58 Å². The zero-order chi connectivity index (χ0) is 33.5. The second-order valence-electron chi connectivity index (χ2n) is 14.8. The first-order valence-corrected chi connectivity index (χ1v) is 17.3. The summed E-state index contributed by atoms with van der Waals surface area (Å²) in [5, 5.41) is 14.0. The fourth-order valence-electron chi connectivity index (χ4n) is 8.62. The average molecular weight is 646 g/mol. The van der Waals surface area contributed by atoms with Crippen molar-refractivity contribution in [3.8, 4) is 6.07 Å². The molecule has 1 aliphatic heterocycles. The molecule has 1 N–H and O–H groups in total. The molecule has 2 aromatic heterocycles. The van der Waals surface area contributed by atoms with Crippen LogP contribution in [0.15, 0.2) is 83.6 Å². The Morgan fingerprint density at radius 1 is 1.08 bits per heavy atom. The fourth-order valence-corrected chi connectivity index (χ4v) is 8.62. The minimum absolute atomic E-state index is 0.00285. The number of hydrogen-bond acceptors (Lipinski definition) is 7. The van der Waals surface area contributed by atoms with E-state index in [2.05, 4.69) is 56.2 Å². The van der Waals surface area contributed by atoms with Crippen molar-refractivity contribution < 1.29 is 23.3 Å². The number of nitrogens with one attached hydrogen (secondary N) is 1. The Balaban J connectivity index is 0.993. The highest BCUT2D eigenvalue weighted by molar-refractivity contribution is 6.48. The molecule has 2 bridgehead atoms. The Morgan fingerprint density at radius 3 is 2.69 bits per heavy atom. The molecule has 8 rings (SSSR count). The number of carbonyl (C=O) groups excluding carboxylic acids is 1. The fraction of sp³-hybridized carbons (Fsp3) is 0.462. The van der Waals surface area contributed by atoms with Crippen LogP contribution in [0.3, 0.4) is 0 Å². The lowest BCUT2D eigenvalue weighted by molar-refractivity contribution is -0.199. The third-order valence-electron chi connectivity index (χ3n) is 11.5. The first kappa shape index (κ1) is 32.4. The van der Waals surface area contributed by atoms with E-state index in [4.69, 9.17) is 18.5 Å². The van der Waals surface area contributed by atoms with Crippen molar-refractivity contribution in [1.82, 2.24) is 10.3 Å². The summed E-state index contributed by atoms with van der Waals surface area (Å²) >= 11 is 0. The molecule has 1 amide bonds. The van der Waals surface area contributed by atoms with Gasteiger partial charge in [-0.25, -0.2) is 4.79 Å². The van der Waals surface area contributed by atoms with Crippen LogP contribution in [-0.4, -0.2) is 42.4 Å². The van der Waals surface area contributed by atoms with Crippen molar-refractivity contribution in [1.29, 1.82) is 5.26 Å². The second kappa shape index (κ2) is 13.1. The van der Waals surface area contributed by atoms with Gasteiger partial charge < -0.3 is 23.8 Å². The second-order valence-corrected chi connectivity index (χ2v) is 14.8. The van der Waals surface area contributed by atoms with Crippen LogP contribution in [0.4, 0.5) is 4.79 Å². The van der Waals surface area contributed by atoms with Crippen molar-refractivity contribution >= 4 is 24.2 Å². The lowest BCUT2D eigenvalue weighted by Crippen LogP contribution is -2.65. The monoisotopic (exact) mass is 645 g/mol. The molecule has 4 fully saturated rings. The van der Waals surface area contributed by atoms with Gasteiger partial charge >= 0.3 is 13.2 Å². The molecule has 3 saturated carbocycles. The van der Waals surface area contributed by atoms with E-state index in [1.807, 2.05) is 54.6 Å².